The molecule has 1 heterocycles. The quantitative estimate of drug-likeness (QED) is 0.666. The van der Waals surface area contributed by atoms with Gasteiger partial charge in [0.2, 0.25) is 0 Å². The zero-order valence-corrected chi connectivity index (χ0v) is 12.5. The van der Waals surface area contributed by atoms with Gasteiger partial charge in [0, 0.05) is 20.2 Å². The van der Waals surface area contributed by atoms with E-state index < -0.39 is 8.48 Å². The van der Waals surface area contributed by atoms with Gasteiger partial charge in [-0.05, 0) is 38.6 Å². The van der Waals surface area contributed by atoms with Crippen molar-refractivity contribution in [1.29, 1.82) is 0 Å². The van der Waals surface area contributed by atoms with E-state index >= 15 is 0 Å². The minimum atomic E-state index is -1.53. The molecule has 1 rings (SSSR count). The van der Waals surface area contributed by atoms with Crippen LogP contribution in [0.25, 0.3) is 0 Å². The molecule has 1 fully saturated rings. The number of hydrogen-bond acceptors (Lipinski definition) is 3. The molecule has 1 aliphatic rings. The lowest BCUT2D eigenvalue weighted by Gasteiger charge is -2.42. The number of likely N-dealkylation sites (N-methyl/N-ethyl adjacent to an activating group) is 1. The highest BCUT2D eigenvalue weighted by molar-refractivity contribution is 6.69. The van der Waals surface area contributed by atoms with Gasteiger partial charge < -0.3 is 13.9 Å². The lowest BCUT2D eigenvalue weighted by atomic mass is 10.3. The maximum atomic E-state index is 5.84. The third-order valence-corrected chi connectivity index (χ3v) is 7.95. The van der Waals surface area contributed by atoms with Crippen LogP contribution < -0.4 is 0 Å². The van der Waals surface area contributed by atoms with E-state index in [1.807, 2.05) is 7.11 Å². The fourth-order valence-electron chi connectivity index (χ4n) is 2.53. The summed E-state index contributed by atoms with van der Waals surface area (Å²) in [6, 6.07) is 1.31. The van der Waals surface area contributed by atoms with Crippen LogP contribution in [0.2, 0.25) is 12.6 Å². The predicted octanol–water partition coefficient (Wildman–Crippen LogP) is 2.14. The van der Waals surface area contributed by atoms with E-state index in [9.17, 15) is 0 Å². The zero-order valence-electron chi connectivity index (χ0n) is 11.5. The van der Waals surface area contributed by atoms with Gasteiger partial charge in [-0.15, -0.1) is 0 Å². The van der Waals surface area contributed by atoms with E-state index in [4.69, 9.17) is 4.43 Å². The maximum Gasteiger partial charge on any atom is 0.267 e. The first-order chi connectivity index (χ1) is 7.66. The van der Waals surface area contributed by atoms with Gasteiger partial charge in [-0.3, -0.25) is 0 Å². The van der Waals surface area contributed by atoms with Crippen LogP contribution in [-0.2, 0) is 4.43 Å². The molecule has 1 aliphatic heterocycles. The summed E-state index contributed by atoms with van der Waals surface area (Å²) in [7, 11) is 0.379. The third-order valence-electron chi connectivity index (χ3n) is 4.01. The van der Waals surface area contributed by atoms with Crippen LogP contribution in [0.15, 0.2) is 0 Å². The van der Waals surface area contributed by atoms with E-state index in [-0.39, 0.29) is 0 Å². The van der Waals surface area contributed by atoms with Gasteiger partial charge in [0.25, 0.3) is 8.48 Å². The molecule has 4 heteroatoms. The Morgan fingerprint density at radius 3 is 2.50 bits per heavy atom. The molecule has 0 aromatic rings. The van der Waals surface area contributed by atoms with Crippen molar-refractivity contribution in [3.05, 3.63) is 0 Å². The monoisotopic (exact) mass is 244 g/mol. The van der Waals surface area contributed by atoms with Crippen molar-refractivity contribution in [1.82, 2.24) is 9.47 Å². The molecule has 3 nitrogen and oxygen atoms in total. The highest BCUT2D eigenvalue weighted by Gasteiger charge is 2.37. The Morgan fingerprint density at radius 1 is 1.25 bits per heavy atom. The van der Waals surface area contributed by atoms with E-state index in [2.05, 4.69) is 29.9 Å². The van der Waals surface area contributed by atoms with Gasteiger partial charge in [-0.1, -0.05) is 20.3 Å². The molecule has 0 amide bonds. The van der Waals surface area contributed by atoms with E-state index in [0.717, 1.165) is 13.1 Å². The number of hydrogen-bond donors (Lipinski definition) is 0. The second-order valence-electron chi connectivity index (χ2n) is 4.85. The smallest absolute Gasteiger partial charge is 0.267 e. The second-order valence-corrected chi connectivity index (χ2v) is 8.74. The van der Waals surface area contributed by atoms with Crippen molar-refractivity contribution < 1.29 is 4.43 Å². The number of rotatable bonds is 6. The minimum absolute atomic E-state index is 1.16. The van der Waals surface area contributed by atoms with E-state index in [1.54, 1.807) is 0 Å². The molecule has 0 aromatic heterocycles. The van der Waals surface area contributed by atoms with Crippen molar-refractivity contribution in [2.45, 2.75) is 39.3 Å². The Labute approximate surface area is 102 Å². The average molecular weight is 244 g/mol. The third kappa shape index (κ3) is 3.55. The van der Waals surface area contributed by atoms with Crippen molar-refractivity contribution in [2.24, 2.45) is 0 Å². The van der Waals surface area contributed by atoms with Crippen molar-refractivity contribution in [3.63, 3.8) is 0 Å². The predicted molar refractivity (Wildman–Crippen MR) is 72.0 cm³/mol. The van der Waals surface area contributed by atoms with Crippen molar-refractivity contribution >= 4 is 8.48 Å². The summed E-state index contributed by atoms with van der Waals surface area (Å²) in [5.74, 6) is 0. The summed E-state index contributed by atoms with van der Waals surface area (Å²) in [6.07, 6.45) is 2.71. The highest BCUT2D eigenvalue weighted by atomic mass is 28.4. The second kappa shape index (κ2) is 6.74. The maximum absolute atomic E-state index is 5.84. The molecule has 0 radical (unpaired) electrons. The van der Waals surface area contributed by atoms with Gasteiger partial charge in [-0.2, -0.15) is 0 Å². The normalized spacial score (nSPS) is 27.6. The molecule has 0 aliphatic carbocycles. The molecule has 1 unspecified atom stereocenters. The summed E-state index contributed by atoms with van der Waals surface area (Å²) < 4.78 is 8.48. The molecule has 0 aromatic carbocycles. The van der Waals surface area contributed by atoms with Crippen LogP contribution >= 0.6 is 0 Å². The van der Waals surface area contributed by atoms with Gasteiger partial charge >= 0.3 is 0 Å². The molecule has 96 valence electrons. The van der Waals surface area contributed by atoms with Crippen LogP contribution in [-0.4, -0.2) is 57.8 Å². The van der Waals surface area contributed by atoms with Gasteiger partial charge in [0.05, 0.1) is 0 Å². The standard InChI is InChI=1S/C12H28N2OSi/c1-5-13(6-2)10-11-14-9-7-8-12-16(14,4)15-3/h5-12H2,1-4H3. The molecule has 0 N–H and O–H groups in total. The van der Waals surface area contributed by atoms with Gasteiger partial charge in [-0.25, -0.2) is 0 Å². The summed E-state index contributed by atoms with van der Waals surface area (Å²) in [4.78, 5) is 2.50. The minimum Gasteiger partial charge on any atom is -0.406 e. The van der Waals surface area contributed by atoms with E-state index in [1.165, 1.54) is 38.5 Å². The first-order valence-electron chi connectivity index (χ1n) is 6.68. The van der Waals surface area contributed by atoms with Crippen LogP contribution in [0, 0.1) is 0 Å². The fraction of sp³-hybridized carbons (Fsp3) is 1.00. The van der Waals surface area contributed by atoms with Crippen molar-refractivity contribution in [3.8, 4) is 0 Å². The van der Waals surface area contributed by atoms with Crippen LogP contribution in [0.3, 0.4) is 0 Å². The first kappa shape index (κ1) is 14.2. The molecule has 16 heavy (non-hydrogen) atoms. The van der Waals surface area contributed by atoms with Crippen LogP contribution in [0.4, 0.5) is 0 Å². The summed E-state index contributed by atoms with van der Waals surface area (Å²) >= 11 is 0. The lowest BCUT2D eigenvalue weighted by Crippen LogP contribution is -2.57. The molecule has 0 bridgehead atoms. The molecular weight excluding hydrogens is 216 g/mol. The van der Waals surface area contributed by atoms with Crippen molar-refractivity contribution in [2.75, 3.05) is 39.8 Å². The van der Waals surface area contributed by atoms with Gasteiger partial charge in [0.15, 0.2) is 0 Å². The van der Waals surface area contributed by atoms with Crippen LogP contribution in [0.1, 0.15) is 26.7 Å². The number of nitrogens with zero attached hydrogens (tertiary/aromatic N) is 2. The molecule has 1 saturated heterocycles. The largest absolute Gasteiger partial charge is 0.406 e. The summed E-state index contributed by atoms with van der Waals surface area (Å²) in [5, 5.41) is 0. The zero-order chi connectivity index (χ0) is 12.0. The Bertz CT molecular complexity index is 199. The topological polar surface area (TPSA) is 15.7 Å². The Hall–Kier alpha value is 0.0969. The van der Waals surface area contributed by atoms with E-state index in [0.29, 0.717) is 0 Å². The fourth-order valence-corrected chi connectivity index (χ4v) is 5.42. The summed E-state index contributed by atoms with van der Waals surface area (Å²) in [6.45, 7) is 12.8. The lowest BCUT2D eigenvalue weighted by molar-refractivity contribution is 0.224. The average Bonchev–Trinajstić information content (AvgIpc) is 2.32. The Balaban J connectivity index is 2.44. The Kier molecular flexibility index (Phi) is 5.96. The highest BCUT2D eigenvalue weighted by Crippen LogP contribution is 2.25. The summed E-state index contributed by atoms with van der Waals surface area (Å²) in [5.41, 5.74) is 0. The molecule has 0 spiro atoms. The molecule has 0 saturated carbocycles. The SMILES string of the molecule is CCN(CC)CCN1CCCC[Si]1(C)OC. The molecular formula is C12H28N2OSi. The first-order valence-corrected chi connectivity index (χ1v) is 9.25. The van der Waals surface area contributed by atoms with Gasteiger partial charge in [0.1, 0.15) is 0 Å². The molecule has 1 atom stereocenters. The Morgan fingerprint density at radius 2 is 1.94 bits per heavy atom. The van der Waals surface area contributed by atoms with Crippen LogP contribution in [0.5, 0.6) is 0 Å².